The van der Waals surface area contributed by atoms with E-state index in [9.17, 15) is 0 Å². The summed E-state index contributed by atoms with van der Waals surface area (Å²) in [6.45, 7) is 0. The first-order chi connectivity index (χ1) is 31.2. The Morgan fingerprint density at radius 2 is 1.00 bits per heavy atom. The highest BCUT2D eigenvalue weighted by Gasteiger charge is 2.27. The van der Waals surface area contributed by atoms with Crippen molar-refractivity contribution in [1.82, 2.24) is 9.47 Å². The van der Waals surface area contributed by atoms with Crippen molar-refractivity contribution in [3.8, 4) is 39.1 Å². The molecule has 0 radical (unpaired) electrons. The van der Waals surface area contributed by atoms with Crippen molar-refractivity contribution >= 4 is 65.0 Å². The van der Waals surface area contributed by atoms with Crippen molar-refractivity contribution in [2.75, 3.05) is 7.05 Å². The second kappa shape index (κ2) is 15.2. The van der Waals surface area contributed by atoms with Crippen molar-refractivity contribution < 1.29 is 0 Å². The van der Waals surface area contributed by atoms with Gasteiger partial charge in [-0.05, 0) is 75.3 Å². The monoisotopic (exact) mass is 824 g/mol. The summed E-state index contributed by atoms with van der Waals surface area (Å²) in [5, 5.41) is 5.01. The highest BCUT2D eigenvalue weighted by atomic mass is 32.1. The number of aromatic nitrogens is 1. The molecule has 1 unspecified atom stereocenters. The standard InChI is InChI=1S/C58H40N4S/c1-61-57(40-19-7-3-8-20-40)59-56(60-58(61)41-33-31-39(32-34-41)38-17-5-2-6-18-38)42-35-36-49-53(37-42)63-52-30-16-27-47(55(49)52)45-24-12-11-23-44(45)46-26-15-29-51-54(46)48-25-13-14-28-50(48)62(51)43-21-9-4-10-22-43/h2-37,58H,1H3. The zero-order valence-electron chi connectivity index (χ0n) is 34.6. The molecular weight excluding hydrogens is 785 g/mol. The molecule has 0 aliphatic carbocycles. The Balaban J connectivity index is 0.984. The van der Waals surface area contributed by atoms with E-state index in [1.807, 2.05) is 11.3 Å². The smallest absolute Gasteiger partial charge is 0.159 e. The summed E-state index contributed by atoms with van der Waals surface area (Å²) in [6.07, 6.45) is -0.245. The fourth-order valence-corrected chi connectivity index (χ4v) is 10.7. The molecule has 0 saturated heterocycles. The van der Waals surface area contributed by atoms with E-state index in [1.54, 1.807) is 0 Å². The molecule has 0 saturated carbocycles. The van der Waals surface area contributed by atoms with Gasteiger partial charge in [-0.3, -0.25) is 0 Å². The van der Waals surface area contributed by atoms with Crippen molar-refractivity contribution in [2.24, 2.45) is 9.98 Å². The predicted octanol–water partition coefficient (Wildman–Crippen LogP) is 15.0. The van der Waals surface area contributed by atoms with Gasteiger partial charge in [0.15, 0.2) is 5.84 Å². The average molecular weight is 825 g/mol. The number of nitrogens with zero attached hydrogens (tertiary/aromatic N) is 4. The number of aliphatic imine (C=N–C) groups is 2. The first-order valence-corrected chi connectivity index (χ1v) is 22.2. The van der Waals surface area contributed by atoms with Crippen molar-refractivity contribution in [1.29, 1.82) is 0 Å². The molecule has 4 nitrogen and oxygen atoms in total. The van der Waals surface area contributed by atoms with Crippen molar-refractivity contribution in [2.45, 2.75) is 6.17 Å². The molecule has 0 N–H and O–H groups in total. The largest absolute Gasteiger partial charge is 0.333 e. The van der Waals surface area contributed by atoms with Crippen LogP contribution < -0.4 is 0 Å². The van der Waals surface area contributed by atoms with Gasteiger partial charge in [-0.2, -0.15) is 0 Å². The normalized spacial score (nSPS) is 14.1. The van der Waals surface area contributed by atoms with Crippen molar-refractivity contribution in [3.05, 3.63) is 235 Å². The highest BCUT2D eigenvalue weighted by molar-refractivity contribution is 7.26. The molecule has 11 aromatic rings. The number of para-hydroxylation sites is 2. The zero-order chi connectivity index (χ0) is 41.9. The minimum Gasteiger partial charge on any atom is -0.333 e. The van der Waals surface area contributed by atoms with Crippen LogP contribution in [0, 0.1) is 0 Å². The summed E-state index contributed by atoms with van der Waals surface area (Å²) < 4.78 is 4.86. The van der Waals surface area contributed by atoms with Gasteiger partial charge in [0.2, 0.25) is 0 Å². The lowest BCUT2D eigenvalue weighted by molar-refractivity contribution is 0.383. The fourth-order valence-electron chi connectivity index (χ4n) is 9.54. The minimum atomic E-state index is -0.245. The molecule has 1 atom stereocenters. The molecule has 2 aromatic heterocycles. The van der Waals surface area contributed by atoms with Crippen LogP contribution in [0.4, 0.5) is 0 Å². The predicted molar refractivity (Wildman–Crippen MR) is 266 cm³/mol. The summed E-state index contributed by atoms with van der Waals surface area (Å²) in [4.78, 5) is 12.8. The summed E-state index contributed by atoms with van der Waals surface area (Å²) in [5.41, 5.74) is 14.0. The maximum Gasteiger partial charge on any atom is 0.159 e. The van der Waals surface area contributed by atoms with Crippen LogP contribution in [-0.2, 0) is 0 Å². The fraction of sp³-hybridized carbons (Fsp3) is 0.0345. The van der Waals surface area contributed by atoms with Gasteiger partial charge in [0.05, 0.1) is 11.0 Å². The second-order valence-electron chi connectivity index (χ2n) is 16.2. The minimum absolute atomic E-state index is 0.245. The Morgan fingerprint density at radius 3 is 1.75 bits per heavy atom. The van der Waals surface area contributed by atoms with E-state index in [-0.39, 0.29) is 6.17 Å². The van der Waals surface area contributed by atoms with Crippen LogP contribution in [0.3, 0.4) is 0 Å². The molecule has 3 heterocycles. The summed E-state index contributed by atoms with van der Waals surface area (Å²) in [5.74, 6) is 1.63. The molecule has 0 fully saturated rings. The molecule has 0 spiro atoms. The number of rotatable bonds is 7. The van der Waals surface area contributed by atoms with Gasteiger partial charge in [0, 0.05) is 54.8 Å². The maximum atomic E-state index is 5.38. The van der Waals surface area contributed by atoms with Crippen LogP contribution >= 0.6 is 11.3 Å². The van der Waals surface area contributed by atoms with Crippen LogP contribution in [-0.4, -0.2) is 28.2 Å². The number of benzene rings is 9. The third-order valence-corrected chi connectivity index (χ3v) is 13.6. The molecular formula is C58H40N4S. The summed E-state index contributed by atoms with van der Waals surface area (Å²) >= 11 is 1.83. The molecule has 63 heavy (non-hydrogen) atoms. The van der Waals surface area contributed by atoms with Gasteiger partial charge < -0.3 is 9.47 Å². The molecule has 298 valence electrons. The van der Waals surface area contributed by atoms with E-state index in [4.69, 9.17) is 9.98 Å². The summed E-state index contributed by atoms with van der Waals surface area (Å²) in [7, 11) is 2.10. The molecule has 5 heteroatoms. The highest BCUT2D eigenvalue weighted by Crippen LogP contribution is 2.46. The van der Waals surface area contributed by atoms with Gasteiger partial charge in [0.1, 0.15) is 12.0 Å². The first kappa shape index (κ1) is 36.9. The molecule has 0 amide bonds. The third kappa shape index (κ3) is 6.28. The quantitative estimate of drug-likeness (QED) is 0.158. The van der Waals surface area contributed by atoms with Gasteiger partial charge >= 0.3 is 0 Å². The van der Waals surface area contributed by atoms with E-state index >= 15 is 0 Å². The topological polar surface area (TPSA) is 32.9 Å². The molecule has 12 rings (SSSR count). The van der Waals surface area contributed by atoms with E-state index in [2.05, 4.69) is 235 Å². The Hall–Kier alpha value is -7.86. The molecule has 9 aromatic carbocycles. The average Bonchev–Trinajstić information content (AvgIpc) is 3.91. The number of hydrogen-bond acceptors (Lipinski definition) is 4. The van der Waals surface area contributed by atoms with E-state index in [0.717, 1.165) is 34.0 Å². The van der Waals surface area contributed by atoms with Crippen LogP contribution in [0.25, 0.3) is 81.0 Å². The van der Waals surface area contributed by atoms with E-state index in [1.165, 1.54) is 75.4 Å². The molecule has 1 aliphatic rings. The van der Waals surface area contributed by atoms with Crippen LogP contribution in [0.1, 0.15) is 22.9 Å². The Labute approximate surface area is 370 Å². The Morgan fingerprint density at radius 1 is 0.429 bits per heavy atom. The lowest BCUT2D eigenvalue weighted by atomic mass is 9.90. The zero-order valence-corrected chi connectivity index (χ0v) is 35.4. The van der Waals surface area contributed by atoms with Gasteiger partial charge in [-0.15, -0.1) is 11.3 Å². The van der Waals surface area contributed by atoms with Crippen LogP contribution in [0.2, 0.25) is 0 Å². The number of hydrogen-bond donors (Lipinski definition) is 0. The Bertz CT molecular complexity index is 3570. The Kier molecular flexibility index (Phi) is 8.94. The van der Waals surface area contributed by atoms with Gasteiger partial charge in [-0.1, -0.05) is 182 Å². The van der Waals surface area contributed by atoms with E-state index in [0.29, 0.717) is 0 Å². The lowest BCUT2D eigenvalue weighted by Gasteiger charge is -2.32. The summed E-state index contributed by atoms with van der Waals surface area (Å²) in [6, 6.07) is 78.5. The molecule has 1 aliphatic heterocycles. The van der Waals surface area contributed by atoms with E-state index < -0.39 is 0 Å². The lowest BCUT2D eigenvalue weighted by Crippen LogP contribution is -2.35. The van der Waals surface area contributed by atoms with Crippen LogP contribution in [0.5, 0.6) is 0 Å². The second-order valence-corrected chi connectivity index (χ2v) is 17.2. The SMILES string of the molecule is CN1C(c2ccccc2)=NC(c2ccc3c(c2)sc2cccc(-c4ccccc4-c4cccc5c4c4ccccc4n5-c4ccccc4)c23)=NC1c1ccc(-c2ccccc2)cc1. The molecule has 0 bridgehead atoms. The number of fused-ring (bicyclic) bond motifs is 6. The number of thiophene rings is 1. The van der Waals surface area contributed by atoms with Gasteiger partial charge in [-0.25, -0.2) is 9.98 Å². The van der Waals surface area contributed by atoms with Crippen LogP contribution in [0.15, 0.2) is 228 Å². The first-order valence-electron chi connectivity index (χ1n) is 21.4. The number of amidine groups is 2. The maximum absolute atomic E-state index is 5.38. The van der Waals surface area contributed by atoms with Gasteiger partial charge in [0.25, 0.3) is 0 Å². The van der Waals surface area contributed by atoms with Crippen molar-refractivity contribution in [3.63, 3.8) is 0 Å². The third-order valence-electron chi connectivity index (χ3n) is 12.5.